The van der Waals surface area contributed by atoms with Gasteiger partial charge >= 0.3 is 6.03 Å². The Labute approximate surface area is 229 Å². The molecular formula is C27H22Cl3N3O4. The van der Waals surface area contributed by atoms with E-state index < -0.39 is 24.4 Å². The van der Waals surface area contributed by atoms with Crippen molar-refractivity contribution in [3.8, 4) is 5.75 Å². The largest absolute Gasteiger partial charge is 0.486 e. The molecule has 0 unspecified atom stereocenters. The number of benzene rings is 3. The highest BCUT2D eigenvalue weighted by Crippen LogP contribution is 2.35. The number of hydrogen-bond acceptors (Lipinski definition) is 4. The quantitative estimate of drug-likeness (QED) is 0.250. The van der Waals surface area contributed by atoms with Crippen molar-refractivity contribution < 1.29 is 19.1 Å². The summed E-state index contributed by atoms with van der Waals surface area (Å²) in [6.45, 7) is 1.76. The van der Waals surface area contributed by atoms with Crippen LogP contribution in [0.4, 0.5) is 10.5 Å². The van der Waals surface area contributed by atoms with E-state index in [0.29, 0.717) is 16.3 Å². The maximum atomic E-state index is 12.8. The van der Waals surface area contributed by atoms with Crippen LogP contribution in [0.1, 0.15) is 23.6 Å². The van der Waals surface area contributed by atoms with Crippen LogP contribution in [0.2, 0.25) is 15.1 Å². The Morgan fingerprint density at radius 2 is 1.70 bits per heavy atom. The van der Waals surface area contributed by atoms with Gasteiger partial charge in [-0.2, -0.15) is 0 Å². The van der Waals surface area contributed by atoms with Crippen LogP contribution in [0, 0.1) is 0 Å². The fourth-order valence-corrected chi connectivity index (χ4v) is 4.44. The van der Waals surface area contributed by atoms with E-state index in [1.165, 1.54) is 6.08 Å². The first kappa shape index (κ1) is 26.5. The average molecular weight is 559 g/mol. The van der Waals surface area contributed by atoms with Crippen LogP contribution in [-0.4, -0.2) is 29.3 Å². The van der Waals surface area contributed by atoms with Crippen LogP contribution in [0.25, 0.3) is 6.08 Å². The van der Waals surface area contributed by atoms with Crippen molar-refractivity contribution in [3.63, 3.8) is 0 Å². The van der Waals surface area contributed by atoms with E-state index in [-0.39, 0.29) is 28.1 Å². The van der Waals surface area contributed by atoms with Crippen molar-refractivity contribution in [1.29, 1.82) is 0 Å². The lowest BCUT2D eigenvalue weighted by atomic mass is 10.1. The van der Waals surface area contributed by atoms with Gasteiger partial charge in [-0.15, -0.1) is 0 Å². The molecule has 0 saturated carbocycles. The molecule has 0 aliphatic carbocycles. The van der Waals surface area contributed by atoms with Crippen LogP contribution in [-0.2, 0) is 22.6 Å². The van der Waals surface area contributed by atoms with Gasteiger partial charge in [-0.1, -0.05) is 72.1 Å². The number of amides is 4. The summed E-state index contributed by atoms with van der Waals surface area (Å²) in [5.74, 6) is -0.842. The van der Waals surface area contributed by atoms with Gasteiger partial charge in [0.05, 0.1) is 10.0 Å². The molecule has 1 fully saturated rings. The lowest BCUT2D eigenvalue weighted by Gasteiger charge is -2.13. The minimum Gasteiger partial charge on any atom is -0.486 e. The summed E-state index contributed by atoms with van der Waals surface area (Å²) in [7, 11) is 0. The molecule has 0 spiro atoms. The topological polar surface area (TPSA) is 87.7 Å². The zero-order valence-corrected chi connectivity index (χ0v) is 22.0. The Kier molecular flexibility index (Phi) is 8.38. The predicted molar refractivity (Wildman–Crippen MR) is 145 cm³/mol. The van der Waals surface area contributed by atoms with Gasteiger partial charge in [-0.05, 0) is 59.5 Å². The first-order chi connectivity index (χ1) is 17.7. The first-order valence-electron chi connectivity index (χ1n) is 11.3. The number of anilines is 1. The van der Waals surface area contributed by atoms with Crippen molar-refractivity contribution in [2.75, 3.05) is 11.9 Å². The molecule has 3 aromatic rings. The molecule has 190 valence electrons. The third-order valence-electron chi connectivity index (χ3n) is 5.56. The second-order valence-corrected chi connectivity index (χ2v) is 9.42. The summed E-state index contributed by atoms with van der Waals surface area (Å²) in [6.07, 6.45) is 2.16. The average Bonchev–Trinajstić information content (AvgIpc) is 3.12. The molecule has 1 heterocycles. The zero-order chi connectivity index (χ0) is 26.5. The summed E-state index contributed by atoms with van der Waals surface area (Å²) < 4.78 is 5.77. The lowest BCUT2D eigenvalue weighted by molar-refractivity contribution is -0.127. The Bertz CT molecular complexity index is 1370. The molecule has 1 aliphatic rings. The van der Waals surface area contributed by atoms with E-state index in [1.807, 2.05) is 31.2 Å². The molecule has 10 heteroatoms. The van der Waals surface area contributed by atoms with E-state index >= 15 is 0 Å². The van der Waals surface area contributed by atoms with Gasteiger partial charge in [0.2, 0.25) is 5.91 Å². The molecule has 0 bridgehead atoms. The number of ether oxygens (including phenoxy) is 1. The molecular weight excluding hydrogens is 537 g/mol. The summed E-state index contributed by atoms with van der Waals surface area (Å²) in [6, 6.07) is 16.9. The first-order valence-corrected chi connectivity index (χ1v) is 12.5. The third kappa shape index (κ3) is 6.43. The Balaban J connectivity index is 1.44. The van der Waals surface area contributed by atoms with E-state index in [9.17, 15) is 14.4 Å². The maximum Gasteiger partial charge on any atom is 0.329 e. The van der Waals surface area contributed by atoms with Crippen molar-refractivity contribution in [2.45, 2.75) is 20.0 Å². The summed E-state index contributed by atoms with van der Waals surface area (Å²) in [5, 5.41) is 6.33. The van der Waals surface area contributed by atoms with E-state index in [1.54, 1.807) is 36.4 Å². The van der Waals surface area contributed by atoms with Gasteiger partial charge in [0.25, 0.3) is 5.91 Å². The number of halogens is 3. The van der Waals surface area contributed by atoms with E-state index in [0.717, 1.165) is 22.4 Å². The molecule has 2 N–H and O–H groups in total. The maximum absolute atomic E-state index is 12.8. The monoisotopic (exact) mass is 557 g/mol. The number of rotatable bonds is 8. The SMILES string of the molecule is CCc1ccccc1NC(=O)CN1C(=O)N/C(=C/c2cc(Cl)c(OCc3ccc(Cl)cc3)c(Cl)c2)C1=O. The number of para-hydroxylation sites is 1. The van der Waals surface area contributed by atoms with Crippen molar-refractivity contribution in [2.24, 2.45) is 0 Å². The Morgan fingerprint density at radius 1 is 1.03 bits per heavy atom. The molecule has 37 heavy (non-hydrogen) atoms. The van der Waals surface area contributed by atoms with Gasteiger partial charge < -0.3 is 15.4 Å². The molecule has 3 aromatic carbocycles. The van der Waals surface area contributed by atoms with E-state index in [4.69, 9.17) is 39.5 Å². The van der Waals surface area contributed by atoms with Crippen LogP contribution < -0.4 is 15.4 Å². The number of aryl methyl sites for hydroxylation is 1. The van der Waals surface area contributed by atoms with Crippen LogP contribution in [0.3, 0.4) is 0 Å². The van der Waals surface area contributed by atoms with Gasteiger partial charge in [-0.25, -0.2) is 9.69 Å². The number of imide groups is 1. The summed E-state index contributed by atoms with van der Waals surface area (Å²) in [4.78, 5) is 38.6. The summed E-state index contributed by atoms with van der Waals surface area (Å²) >= 11 is 18.7. The molecule has 0 aromatic heterocycles. The van der Waals surface area contributed by atoms with Gasteiger partial charge in [0, 0.05) is 10.7 Å². The van der Waals surface area contributed by atoms with Gasteiger partial charge in [0.15, 0.2) is 5.75 Å². The number of urea groups is 1. The van der Waals surface area contributed by atoms with Crippen LogP contribution in [0.15, 0.2) is 66.4 Å². The zero-order valence-electron chi connectivity index (χ0n) is 19.7. The fraction of sp³-hybridized carbons (Fsp3) is 0.148. The second kappa shape index (κ2) is 11.7. The normalized spacial score (nSPS) is 14.2. The third-order valence-corrected chi connectivity index (χ3v) is 6.38. The highest BCUT2D eigenvalue weighted by molar-refractivity contribution is 6.37. The highest BCUT2D eigenvalue weighted by atomic mass is 35.5. The van der Waals surface area contributed by atoms with Crippen molar-refractivity contribution in [3.05, 3.63) is 98.1 Å². The smallest absolute Gasteiger partial charge is 0.329 e. The number of carbonyl (C=O) groups is 3. The van der Waals surface area contributed by atoms with Crippen molar-refractivity contribution in [1.82, 2.24) is 10.2 Å². The molecule has 0 atom stereocenters. The Morgan fingerprint density at radius 3 is 2.38 bits per heavy atom. The minimum absolute atomic E-state index is 0.00581. The number of hydrogen-bond donors (Lipinski definition) is 2. The molecule has 1 saturated heterocycles. The predicted octanol–water partition coefficient (Wildman–Crippen LogP) is 6.32. The number of nitrogens with one attached hydrogen (secondary N) is 2. The molecule has 0 radical (unpaired) electrons. The van der Waals surface area contributed by atoms with Crippen molar-refractivity contribution >= 4 is 64.4 Å². The highest BCUT2D eigenvalue weighted by Gasteiger charge is 2.35. The molecule has 4 rings (SSSR count). The lowest BCUT2D eigenvalue weighted by Crippen LogP contribution is -2.38. The molecule has 7 nitrogen and oxygen atoms in total. The second-order valence-electron chi connectivity index (χ2n) is 8.17. The standard InChI is InChI=1S/C27H22Cl3N3O4/c1-2-18-5-3-4-6-22(18)31-24(34)14-33-26(35)23(32-27(33)36)13-17-11-20(29)25(21(30)12-17)37-15-16-7-9-19(28)10-8-16/h3-13H,2,14-15H2,1H3,(H,31,34)(H,32,36)/b23-13+. The van der Waals surface area contributed by atoms with Gasteiger partial charge in [-0.3, -0.25) is 9.59 Å². The minimum atomic E-state index is -0.699. The van der Waals surface area contributed by atoms with Gasteiger partial charge in [0.1, 0.15) is 18.8 Å². The van der Waals surface area contributed by atoms with E-state index in [2.05, 4.69) is 10.6 Å². The number of nitrogens with zero attached hydrogens (tertiary/aromatic N) is 1. The summed E-state index contributed by atoms with van der Waals surface area (Å²) in [5.41, 5.74) is 2.93. The van der Waals surface area contributed by atoms with Crippen LogP contribution in [0.5, 0.6) is 5.75 Å². The Hall–Kier alpha value is -3.52. The number of carbonyl (C=O) groups excluding carboxylic acids is 3. The van der Waals surface area contributed by atoms with Crippen LogP contribution >= 0.6 is 34.8 Å². The fourth-order valence-electron chi connectivity index (χ4n) is 3.70. The molecule has 1 aliphatic heterocycles. The molecule has 4 amide bonds.